The minimum Gasteiger partial charge on any atom is -0.346 e. The maximum absolute atomic E-state index is 12.3. The molecule has 0 spiro atoms. The maximum Gasteiger partial charge on any atom is 0.237 e. The van der Waals surface area contributed by atoms with E-state index in [0.717, 1.165) is 35.7 Å². The molecule has 1 fully saturated rings. The molecule has 1 aromatic carbocycles. The van der Waals surface area contributed by atoms with Gasteiger partial charge in [0, 0.05) is 10.5 Å². The quantitative estimate of drug-likeness (QED) is 0.726. The van der Waals surface area contributed by atoms with Crippen LogP contribution in [0.5, 0.6) is 0 Å². The summed E-state index contributed by atoms with van der Waals surface area (Å²) in [4.78, 5) is 12.3. The van der Waals surface area contributed by atoms with Crippen LogP contribution in [-0.2, 0) is 20.4 Å². The van der Waals surface area contributed by atoms with E-state index in [1.54, 1.807) is 0 Å². The number of hydrogen-bond acceptors (Lipinski definition) is 3. The lowest BCUT2D eigenvalue weighted by Gasteiger charge is -2.28. The fraction of sp³-hybridized carbons (Fsp3) is 0.611. The third kappa shape index (κ3) is 6.38. The van der Waals surface area contributed by atoms with Gasteiger partial charge in [0.2, 0.25) is 15.9 Å². The van der Waals surface area contributed by atoms with Crippen molar-refractivity contribution in [2.75, 3.05) is 5.75 Å². The van der Waals surface area contributed by atoms with E-state index in [0.29, 0.717) is 5.92 Å². The van der Waals surface area contributed by atoms with Crippen LogP contribution in [0.1, 0.15) is 52.0 Å². The zero-order valence-corrected chi connectivity index (χ0v) is 17.4. The van der Waals surface area contributed by atoms with Crippen LogP contribution < -0.4 is 10.0 Å². The van der Waals surface area contributed by atoms with Crippen LogP contribution in [0.4, 0.5) is 0 Å². The van der Waals surface area contributed by atoms with E-state index in [2.05, 4.69) is 32.9 Å². The van der Waals surface area contributed by atoms with Gasteiger partial charge in [-0.25, -0.2) is 13.1 Å². The third-order valence-electron chi connectivity index (χ3n) is 4.70. The molecule has 2 N–H and O–H groups in total. The molecule has 7 heteroatoms. The molecule has 0 aliphatic heterocycles. The van der Waals surface area contributed by atoms with Crippen molar-refractivity contribution in [1.82, 2.24) is 10.0 Å². The first kappa shape index (κ1) is 20.4. The largest absolute Gasteiger partial charge is 0.346 e. The fourth-order valence-corrected chi connectivity index (χ4v) is 4.68. The van der Waals surface area contributed by atoms with Gasteiger partial charge in [0.1, 0.15) is 5.75 Å². The SMILES string of the molecule is CC1CCC(NS(=O)(=O)CC(=O)NC(C)(C)c2ccc(Br)cc2)CC1. The lowest BCUT2D eigenvalue weighted by Crippen LogP contribution is -2.47. The zero-order valence-electron chi connectivity index (χ0n) is 15.0. The predicted octanol–water partition coefficient (Wildman–Crippen LogP) is 3.30. The standard InChI is InChI=1S/C18H27BrN2O3S/c1-13-4-10-16(11-5-13)21-25(23,24)12-17(22)20-18(2,3)14-6-8-15(19)9-7-14/h6-9,13,16,21H,4-5,10-12H2,1-3H3,(H,20,22). The highest BCUT2D eigenvalue weighted by molar-refractivity contribution is 9.10. The Kier molecular flexibility index (Phi) is 6.68. The number of nitrogens with one attached hydrogen (secondary N) is 2. The van der Waals surface area contributed by atoms with Crippen LogP contribution in [0.2, 0.25) is 0 Å². The van der Waals surface area contributed by atoms with Gasteiger partial charge < -0.3 is 5.32 Å². The first-order valence-electron chi connectivity index (χ1n) is 8.64. The van der Waals surface area contributed by atoms with Crippen molar-refractivity contribution in [3.05, 3.63) is 34.3 Å². The first-order valence-corrected chi connectivity index (χ1v) is 11.1. The molecule has 140 valence electrons. The number of rotatable bonds is 6. The van der Waals surface area contributed by atoms with Crippen molar-refractivity contribution in [2.45, 2.75) is 58.0 Å². The van der Waals surface area contributed by atoms with Gasteiger partial charge in [0.25, 0.3) is 0 Å². The molecule has 2 rings (SSSR count). The molecule has 1 aliphatic carbocycles. The molecule has 25 heavy (non-hydrogen) atoms. The highest BCUT2D eigenvalue weighted by atomic mass is 79.9. The molecule has 1 aromatic rings. The van der Waals surface area contributed by atoms with Gasteiger partial charge in [-0.2, -0.15) is 0 Å². The Morgan fingerprint density at radius 1 is 1.16 bits per heavy atom. The normalized spacial score (nSPS) is 21.8. The summed E-state index contributed by atoms with van der Waals surface area (Å²) in [6.07, 6.45) is 3.73. The van der Waals surface area contributed by atoms with E-state index in [-0.39, 0.29) is 6.04 Å². The lowest BCUT2D eigenvalue weighted by atomic mass is 9.88. The van der Waals surface area contributed by atoms with Gasteiger partial charge >= 0.3 is 0 Å². The topological polar surface area (TPSA) is 75.3 Å². The summed E-state index contributed by atoms with van der Waals surface area (Å²) >= 11 is 3.38. The second-order valence-corrected chi connectivity index (χ2v) is 10.2. The number of carbonyl (C=O) groups is 1. The predicted molar refractivity (Wildman–Crippen MR) is 104 cm³/mol. The first-order chi connectivity index (χ1) is 11.6. The number of sulfonamides is 1. The maximum atomic E-state index is 12.3. The van der Waals surface area contributed by atoms with Crippen molar-refractivity contribution >= 4 is 31.9 Å². The summed E-state index contributed by atoms with van der Waals surface area (Å²) in [7, 11) is -3.63. The van der Waals surface area contributed by atoms with Gasteiger partial charge in [-0.05, 0) is 63.1 Å². The van der Waals surface area contributed by atoms with Crippen LogP contribution in [0.15, 0.2) is 28.7 Å². The van der Waals surface area contributed by atoms with Gasteiger partial charge in [-0.1, -0.05) is 35.0 Å². The number of amides is 1. The summed E-state index contributed by atoms with van der Waals surface area (Å²) < 4.78 is 28.2. The molecule has 1 saturated carbocycles. The summed E-state index contributed by atoms with van der Waals surface area (Å²) in [5.41, 5.74) is 0.267. The van der Waals surface area contributed by atoms with Crippen molar-refractivity contribution in [1.29, 1.82) is 0 Å². The van der Waals surface area contributed by atoms with Gasteiger partial charge in [0.05, 0.1) is 5.54 Å². The Balaban J connectivity index is 1.92. The van der Waals surface area contributed by atoms with Crippen molar-refractivity contribution in [3.63, 3.8) is 0 Å². The van der Waals surface area contributed by atoms with Crippen LogP contribution >= 0.6 is 15.9 Å². The second kappa shape index (κ2) is 8.18. The number of hydrogen-bond donors (Lipinski definition) is 2. The Hall–Kier alpha value is -0.920. The molecule has 5 nitrogen and oxygen atoms in total. The zero-order chi connectivity index (χ0) is 18.7. The van der Waals surface area contributed by atoms with E-state index in [1.807, 2.05) is 38.1 Å². The van der Waals surface area contributed by atoms with Crippen LogP contribution in [-0.4, -0.2) is 26.1 Å². The molecule has 1 aliphatic rings. The van der Waals surface area contributed by atoms with Gasteiger partial charge in [-0.15, -0.1) is 0 Å². The van der Waals surface area contributed by atoms with Crippen molar-refractivity contribution in [3.8, 4) is 0 Å². The molecular weight excluding hydrogens is 404 g/mol. The van der Waals surface area contributed by atoms with Crippen LogP contribution in [0.25, 0.3) is 0 Å². The molecule has 0 bridgehead atoms. The van der Waals surface area contributed by atoms with E-state index in [9.17, 15) is 13.2 Å². The summed E-state index contributed by atoms with van der Waals surface area (Å²) in [6, 6.07) is 7.55. The monoisotopic (exact) mass is 430 g/mol. The second-order valence-electron chi connectivity index (χ2n) is 7.51. The van der Waals surface area contributed by atoms with Crippen molar-refractivity contribution < 1.29 is 13.2 Å². The fourth-order valence-electron chi connectivity index (χ4n) is 3.17. The third-order valence-corrected chi connectivity index (χ3v) is 6.56. The van der Waals surface area contributed by atoms with E-state index < -0.39 is 27.2 Å². The average molecular weight is 431 g/mol. The van der Waals surface area contributed by atoms with Gasteiger partial charge in [-0.3, -0.25) is 4.79 Å². The minimum absolute atomic E-state index is 0.0477. The Morgan fingerprint density at radius 2 is 1.72 bits per heavy atom. The van der Waals surface area contributed by atoms with Crippen LogP contribution in [0.3, 0.4) is 0 Å². The van der Waals surface area contributed by atoms with E-state index >= 15 is 0 Å². The lowest BCUT2D eigenvalue weighted by molar-refractivity contribution is -0.120. The Bertz CT molecular complexity index is 694. The molecule has 0 unspecified atom stereocenters. The molecule has 0 radical (unpaired) electrons. The molecule has 0 atom stereocenters. The molecule has 0 heterocycles. The average Bonchev–Trinajstić information content (AvgIpc) is 2.48. The highest BCUT2D eigenvalue weighted by Crippen LogP contribution is 2.24. The summed E-state index contributed by atoms with van der Waals surface area (Å²) in [6.45, 7) is 5.90. The van der Waals surface area contributed by atoms with E-state index in [4.69, 9.17) is 0 Å². The van der Waals surface area contributed by atoms with Crippen molar-refractivity contribution in [2.24, 2.45) is 5.92 Å². The molecule has 1 amide bonds. The van der Waals surface area contributed by atoms with Gasteiger partial charge in [0.15, 0.2) is 0 Å². The summed E-state index contributed by atoms with van der Waals surface area (Å²) in [5.74, 6) is -0.390. The number of halogens is 1. The van der Waals surface area contributed by atoms with E-state index in [1.165, 1.54) is 0 Å². The molecule has 0 aromatic heterocycles. The number of benzene rings is 1. The Labute approximate surface area is 159 Å². The highest BCUT2D eigenvalue weighted by Gasteiger charge is 2.28. The molecular formula is C18H27BrN2O3S. The summed E-state index contributed by atoms with van der Waals surface area (Å²) in [5, 5.41) is 2.82. The minimum atomic E-state index is -3.63. The number of carbonyl (C=O) groups excluding carboxylic acids is 1. The smallest absolute Gasteiger partial charge is 0.237 e. The van der Waals surface area contributed by atoms with Crippen LogP contribution in [0, 0.1) is 5.92 Å². The molecule has 0 saturated heterocycles. The Morgan fingerprint density at radius 3 is 2.28 bits per heavy atom.